The summed E-state index contributed by atoms with van der Waals surface area (Å²) in [6.07, 6.45) is 3.76. The van der Waals surface area contributed by atoms with Crippen molar-refractivity contribution in [2.24, 2.45) is 40.7 Å². The molecule has 2 bridgehead atoms. The number of likely N-dealkylation sites (N-methyl/N-ethyl adjacent to an activating group) is 1. The molecule has 6 N–H and O–H groups in total. The Morgan fingerprint density at radius 2 is 1.67 bits per heavy atom. The Labute approximate surface area is 268 Å². The van der Waals surface area contributed by atoms with Crippen LogP contribution in [0.2, 0.25) is 0 Å². The Morgan fingerprint density at radius 3 is 2.26 bits per heavy atom. The molecule has 0 radical (unpaired) electrons. The standard InChI is InChI=1S/C35H44N2O9/c1-15-9-17-11-18(10-15)13-34(3,12-17)14-21(39)46-30-22-16(2)19-7-6-8-20(38)23(19)28(40)24(22)31(42)35(45)26(30)27(37(4)5)29(41)25(32(35)43)33(36)44/h6-8,15-18,22,26-27,30,38,40,43,45H,9-14H2,1-5H3,(H2,36,44)/t15?,16-,17?,18?,22+,26-,27+,30+,34?,35+/m1/s1. The van der Waals surface area contributed by atoms with E-state index in [4.69, 9.17) is 10.5 Å². The molecule has 1 aromatic carbocycles. The number of phenols is 1. The van der Waals surface area contributed by atoms with Gasteiger partial charge in [0, 0.05) is 11.5 Å². The zero-order chi connectivity index (χ0) is 33.6. The number of nitrogens with two attached hydrogens (primary N) is 1. The van der Waals surface area contributed by atoms with Gasteiger partial charge in [-0.15, -0.1) is 0 Å². The number of carbonyl (C=O) groups excluding carboxylic acids is 4. The number of ketones is 2. The average molecular weight is 637 g/mol. The molecule has 3 fully saturated rings. The van der Waals surface area contributed by atoms with Gasteiger partial charge in [0.1, 0.15) is 28.9 Å². The van der Waals surface area contributed by atoms with E-state index in [-0.39, 0.29) is 28.7 Å². The van der Waals surface area contributed by atoms with E-state index in [1.807, 2.05) is 0 Å². The maximum absolute atomic E-state index is 14.4. The Bertz CT molecular complexity index is 1580. The number of ether oxygens (including phenoxy) is 1. The lowest BCUT2D eigenvalue weighted by atomic mass is 9.54. The largest absolute Gasteiger partial charge is 0.508 e. The first-order valence-corrected chi connectivity index (χ1v) is 16.2. The normalized spacial score (nSPS) is 38.7. The number of fused-ring (bicyclic) bond motifs is 5. The van der Waals surface area contributed by atoms with Gasteiger partial charge in [0.25, 0.3) is 5.91 Å². The van der Waals surface area contributed by atoms with Gasteiger partial charge >= 0.3 is 5.97 Å². The number of benzene rings is 1. The summed E-state index contributed by atoms with van der Waals surface area (Å²) in [6, 6.07) is 3.21. The van der Waals surface area contributed by atoms with Crippen LogP contribution in [0, 0.1) is 35.0 Å². The van der Waals surface area contributed by atoms with E-state index in [0.717, 1.165) is 32.1 Å². The molecular weight excluding hydrogens is 592 g/mol. The van der Waals surface area contributed by atoms with Gasteiger partial charge in [0.15, 0.2) is 11.4 Å². The zero-order valence-electron chi connectivity index (χ0n) is 26.9. The van der Waals surface area contributed by atoms with Crippen LogP contribution in [0.3, 0.4) is 0 Å². The van der Waals surface area contributed by atoms with Gasteiger partial charge in [0.2, 0.25) is 5.78 Å². The predicted molar refractivity (Wildman–Crippen MR) is 166 cm³/mol. The van der Waals surface area contributed by atoms with Crippen molar-refractivity contribution in [2.45, 2.75) is 83.0 Å². The van der Waals surface area contributed by atoms with Gasteiger partial charge in [-0.1, -0.05) is 32.9 Å². The number of aliphatic hydroxyl groups excluding tert-OH is 2. The molecule has 1 amide bonds. The van der Waals surface area contributed by atoms with E-state index in [1.54, 1.807) is 19.1 Å². The third-order valence-electron chi connectivity index (χ3n) is 11.5. The summed E-state index contributed by atoms with van der Waals surface area (Å²) >= 11 is 0. The lowest BCUT2D eigenvalue weighted by molar-refractivity contribution is -0.187. The van der Waals surface area contributed by atoms with Crippen LogP contribution in [0.1, 0.15) is 76.3 Å². The van der Waals surface area contributed by atoms with E-state index < -0.39 is 76.0 Å². The van der Waals surface area contributed by atoms with Crippen LogP contribution in [-0.4, -0.2) is 80.6 Å². The van der Waals surface area contributed by atoms with E-state index in [9.17, 15) is 39.6 Å². The number of aliphatic hydroxyl groups is 3. The second-order valence-corrected chi connectivity index (χ2v) is 15.2. The average Bonchev–Trinajstić information content (AvgIpc) is 2.93. The fourth-order valence-electron chi connectivity index (χ4n) is 10.1. The van der Waals surface area contributed by atoms with Crippen LogP contribution in [0.4, 0.5) is 0 Å². The minimum absolute atomic E-state index is 0.0214. The number of hydrogen-bond acceptors (Lipinski definition) is 10. The van der Waals surface area contributed by atoms with Gasteiger partial charge in [-0.2, -0.15) is 0 Å². The van der Waals surface area contributed by atoms with Gasteiger partial charge in [0.05, 0.1) is 23.9 Å². The molecule has 5 aliphatic carbocycles. The number of nitrogens with zero attached hydrogens (tertiary/aromatic N) is 1. The summed E-state index contributed by atoms with van der Waals surface area (Å²) in [5.74, 6) is -7.80. The van der Waals surface area contributed by atoms with Gasteiger partial charge in [-0.05, 0) is 86.9 Å². The van der Waals surface area contributed by atoms with Crippen molar-refractivity contribution < 1.29 is 44.3 Å². The van der Waals surface area contributed by atoms with Crippen molar-refractivity contribution >= 4 is 29.2 Å². The first-order chi connectivity index (χ1) is 21.5. The molecule has 3 saturated carbocycles. The van der Waals surface area contributed by atoms with Crippen molar-refractivity contribution in [1.29, 1.82) is 0 Å². The van der Waals surface area contributed by atoms with Crippen molar-refractivity contribution in [3.05, 3.63) is 46.2 Å². The summed E-state index contributed by atoms with van der Waals surface area (Å²) in [5.41, 5.74) is 1.34. The number of esters is 1. The number of primary amides is 1. The topological polar surface area (TPSA) is 188 Å². The van der Waals surface area contributed by atoms with E-state index >= 15 is 0 Å². The van der Waals surface area contributed by atoms with Crippen molar-refractivity contribution in [3.8, 4) is 5.75 Å². The maximum Gasteiger partial charge on any atom is 0.306 e. The van der Waals surface area contributed by atoms with Crippen LogP contribution in [-0.2, 0) is 23.9 Å². The molecule has 248 valence electrons. The molecule has 46 heavy (non-hydrogen) atoms. The number of aromatic hydroxyl groups is 1. The number of phenolic OH excluding ortho intramolecular Hbond substituents is 1. The molecule has 1 aromatic rings. The van der Waals surface area contributed by atoms with E-state index in [1.165, 1.54) is 25.1 Å². The Morgan fingerprint density at radius 1 is 1.04 bits per heavy atom. The number of hydrogen-bond donors (Lipinski definition) is 5. The smallest absolute Gasteiger partial charge is 0.306 e. The highest BCUT2D eigenvalue weighted by molar-refractivity contribution is 6.24. The number of amides is 1. The molecule has 2 unspecified atom stereocenters. The third-order valence-corrected chi connectivity index (χ3v) is 11.5. The monoisotopic (exact) mass is 636 g/mol. The van der Waals surface area contributed by atoms with Gasteiger partial charge < -0.3 is 30.9 Å². The fraction of sp³-hybridized carbons (Fsp3) is 0.600. The Balaban J connectivity index is 1.49. The SMILES string of the molecule is CC1CC2CC(C1)CC(C)(CC(=O)O[C@H]1[C@@H]3C(=C(O)c4c(O)cccc4[C@H]3C)C(=O)[C@]3(O)C(O)=C(C(N)=O)C(=O)[C@@H](N(C)C)[C@H]13)C2. The highest BCUT2D eigenvalue weighted by Gasteiger charge is 2.69. The molecule has 0 saturated heterocycles. The van der Waals surface area contributed by atoms with Crippen LogP contribution < -0.4 is 5.73 Å². The third kappa shape index (κ3) is 4.68. The predicted octanol–water partition coefficient (Wildman–Crippen LogP) is 3.29. The van der Waals surface area contributed by atoms with Gasteiger partial charge in [-0.25, -0.2) is 0 Å². The number of carbonyl (C=O) groups is 4. The molecular formula is C35H44N2O9. The lowest BCUT2D eigenvalue weighted by Crippen LogP contribution is -2.71. The second-order valence-electron chi connectivity index (χ2n) is 15.2. The van der Waals surface area contributed by atoms with Crippen LogP contribution in [0.5, 0.6) is 5.75 Å². The lowest BCUT2D eigenvalue weighted by Gasteiger charge is -2.54. The summed E-state index contributed by atoms with van der Waals surface area (Å²) < 4.78 is 6.30. The highest BCUT2D eigenvalue weighted by Crippen LogP contribution is 2.57. The second kappa shape index (κ2) is 10.9. The maximum atomic E-state index is 14.4. The Hall–Kier alpha value is -3.70. The molecule has 8 atom stereocenters. The fourth-order valence-corrected chi connectivity index (χ4v) is 10.1. The summed E-state index contributed by atoms with van der Waals surface area (Å²) in [4.78, 5) is 56.1. The van der Waals surface area contributed by atoms with Crippen molar-refractivity contribution in [1.82, 2.24) is 4.90 Å². The molecule has 0 heterocycles. The van der Waals surface area contributed by atoms with Crippen LogP contribution >= 0.6 is 0 Å². The van der Waals surface area contributed by atoms with Gasteiger partial charge in [-0.3, -0.25) is 24.1 Å². The molecule has 0 aliphatic heterocycles. The first kappa shape index (κ1) is 32.2. The molecule has 11 heteroatoms. The van der Waals surface area contributed by atoms with E-state index in [2.05, 4.69) is 13.8 Å². The van der Waals surface area contributed by atoms with Crippen LogP contribution in [0.15, 0.2) is 35.1 Å². The Kier molecular flexibility index (Phi) is 7.67. The van der Waals surface area contributed by atoms with Crippen molar-refractivity contribution in [3.63, 3.8) is 0 Å². The minimum Gasteiger partial charge on any atom is -0.508 e. The quantitative estimate of drug-likeness (QED) is 0.237. The highest BCUT2D eigenvalue weighted by atomic mass is 16.5. The van der Waals surface area contributed by atoms with Crippen LogP contribution in [0.25, 0.3) is 5.76 Å². The molecule has 0 spiro atoms. The zero-order valence-corrected chi connectivity index (χ0v) is 26.9. The number of rotatable bonds is 5. The summed E-state index contributed by atoms with van der Waals surface area (Å²) in [7, 11) is 3.02. The first-order valence-electron chi connectivity index (χ1n) is 16.2. The summed E-state index contributed by atoms with van der Waals surface area (Å²) in [5, 5.41) is 45.9. The summed E-state index contributed by atoms with van der Waals surface area (Å²) in [6.45, 7) is 6.11. The van der Waals surface area contributed by atoms with Crippen molar-refractivity contribution in [2.75, 3.05) is 14.1 Å². The number of Topliss-reactive ketones (excluding diaryl/α,β-unsaturated/α-hetero) is 2. The molecule has 6 rings (SSSR count). The molecule has 0 aromatic heterocycles. The minimum atomic E-state index is -2.96. The van der Waals surface area contributed by atoms with E-state index in [0.29, 0.717) is 23.3 Å². The molecule has 11 nitrogen and oxygen atoms in total. The molecule has 5 aliphatic rings.